The summed E-state index contributed by atoms with van der Waals surface area (Å²) in [6.07, 6.45) is 0. The van der Waals surface area contributed by atoms with E-state index in [1.807, 2.05) is 0 Å². The number of nitrogens with zero attached hydrogens (tertiary/aromatic N) is 2. The second-order valence-electron chi connectivity index (χ2n) is 1.99. The normalized spacial score (nSPS) is 9.46. The van der Waals surface area contributed by atoms with Gasteiger partial charge in [-0.15, -0.1) is 11.8 Å². The average Bonchev–Trinajstić information content (AvgIpc) is 2.42. The van der Waals surface area contributed by atoms with E-state index in [9.17, 15) is 4.79 Å². The minimum absolute atomic E-state index is 0.0314. The molecule has 1 rings (SSSR count). The van der Waals surface area contributed by atoms with Crippen molar-refractivity contribution in [3.63, 3.8) is 0 Å². The molecule has 1 aromatic heterocycles. The topological polar surface area (TPSA) is 97.8 Å². The van der Waals surface area contributed by atoms with Crippen LogP contribution in [0.1, 0.15) is 5.56 Å². The Labute approximate surface area is 82.3 Å². The van der Waals surface area contributed by atoms with E-state index in [1.54, 1.807) is 6.07 Å². The summed E-state index contributed by atoms with van der Waals surface area (Å²) in [6.45, 7) is 0. The Morgan fingerprint density at radius 1 is 1.85 bits per heavy atom. The van der Waals surface area contributed by atoms with Gasteiger partial charge in [-0.25, -0.2) is 0 Å². The number of carbonyl (C=O) groups is 1. The molecule has 5 nitrogen and oxygen atoms in total. The van der Waals surface area contributed by atoms with Gasteiger partial charge in [-0.1, -0.05) is 0 Å². The Hall–Kier alpha value is -1.26. The maximum absolute atomic E-state index is 10.3. The van der Waals surface area contributed by atoms with Crippen LogP contribution in [-0.2, 0) is 4.79 Å². The van der Waals surface area contributed by atoms with E-state index in [-0.39, 0.29) is 17.2 Å². The lowest BCUT2D eigenvalue weighted by atomic mass is 10.4. The number of thioether (sulfide) groups is 1. The van der Waals surface area contributed by atoms with Crippen molar-refractivity contribution in [1.82, 2.24) is 10.1 Å². The fraction of sp³-hybridized carbons (Fsp3) is 0.167. The number of aromatic hydroxyl groups is 1. The fourth-order valence-electron chi connectivity index (χ4n) is 0.593. The lowest BCUT2D eigenvalue weighted by molar-refractivity contribution is -0.116. The van der Waals surface area contributed by atoms with Gasteiger partial charge in [0.15, 0.2) is 0 Å². The Kier molecular flexibility index (Phi) is 3.11. The molecule has 13 heavy (non-hydrogen) atoms. The Bertz CT molecular complexity index is 368. The maximum Gasteiger partial charge on any atom is 0.248 e. The smallest absolute Gasteiger partial charge is 0.248 e. The molecule has 0 spiro atoms. The molecule has 0 unspecified atom stereocenters. The molecule has 0 bridgehead atoms. The molecule has 0 saturated heterocycles. The molecule has 0 aliphatic rings. The van der Waals surface area contributed by atoms with Crippen LogP contribution in [0.15, 0.2) is 4.21 Å². The molecule has 0 atom stereocenters. The molecule has 1 aromatic rings. The van der Waals surface area contributed by atoms with Gasteiger partial charge in [0.1, 0.15) is 15.8 Å². The van der Waals surface area contributed by atoms with E-state index in [1.165, 1.54) is 0 Å². The van der Waals surface area contributed by atoms with Gasteiger partial charge >= 0.3 is 0 Å². The molecule has 0 fully saturated rings. The maximum atomic E-state index is 10.3. The standard InChI is InChI=1S/C6H4N3O2S2/c7-1-3-5(11)9-13-6(3)12-2-4(8)10/h8H,2H2,(H,9,11). The van der Waals surface area contributed by atoms with Crippen LogP contribution in [0, 0.1) is 11.3 Å². The van der Waals surface area contributed by atoms with E-state index < -0.39 is 5.91 Å². The number of carbonyl (C=O) groups excluding carboxylic acids is 1. The summed E-state index contributed by atoms with van der Waals surface area (Å²) in [5.41, 5.74) is 6.72. The van der Waals surface area contributed by atoms with Crippen molar-refractivity contribution in [3.05, 3.63) is 5.56 Å². The highest BCUT2D eigenvalue weighted by Crippen LogP contribution is 2.32. The molecule has 2 N–H and O–H groups in total. The molecule has 0 aromatic carbocycles. The van der Waals surface area contributed by atoms with Crippen LogP contribution in [0.2, 0.25) is 0 Å². The van der Waals surface area contributed by atoms with Gasteiger partial charge in [-0.2, -0.15) is 9.64 Å². The van der Waals surface area contributed by atoms with E-state index in [2.05, 4.69) is 4.37 Å². The summed E-state index contributed by atoms with van der Waals surface area (Å²) in [4.78, 5) is 10.3. The Morgan fingerprint density at radius 3 is 3.08 bits per heavy atom. The summed E-state index contributed by atoms with van der Waals surface area (Å²) in [7, 11) is 0. The molecule has 0 aliphatic heterocycles. The first-order valence-electron chi connectivity index (χ1n) is 3.11. The van der Waals surface area contributed by atoms with Crippen molar-refractivity contribution < 1.29 is 9.90 Å². The van der Waals surface area contributed by atoms with Crippen molar-refractivity contribution in [2.45, 2.75) is 4.21 Å². The summed E-state index contributed by atoms with van der Waals surface area (Å²) >= 11 is 1.98. The molecular weight excluding hydrogens is 210 g/mol. The van der Waals surface area contributed by atoms with Crippen LogP contribution >= 0.6 is 23.3 Å². The number of hydrogen-bond acceptors (Lipinski definition) is 6. The van der Waals surface area contributed by atoms with E-state index >= 15 is 0 Å². The van der Waals surface area contributed by atoms with Gasteiger partial charge in [0.2, 0.25) is 11.8 Å². The van der Waals surface area contributed by atoms with E-state index in [4.69, 9.17) is 16.1 Å². The predicted molar refractivity (Wildman–Crippen MR) is 47.3 cm³/mol. The van der Waals surface area contributed by atoms with Crippen LogP contribution in [0.3, 0.4) is 0 Å². The molecule has 1 radical (unpaired) electrons. The zero-order valence-corrected chi connectivity index (χ0v) is 7.91. The lowest BCUT2D eigenvalue weighted by Gasteiger charge is -1.91. The quantitative estimate of drug-likeness (QED) is 0.744. The first-order valence-corrected chi connectivity index (χ1v) is 4.87. The van der Waals surface area contributed by atoms with Crippen molar-refractivity contribution in [3.8, 4) is 11.9 Å². The zero-order valence-electron chi connectivity index (χ0n) is 6.27. The third kappa shape index (κ3) is 2.34. The average molecular weight is 214 g/mol. The number of nitriles is 1. The van der Waals surface area contributed by atoms with Gasteiger partial charge in [-0.3, -0.25) is 10.5 Å². The third-order valence-corrected chi connectivity index (χ3v) is 3.17. The van der Waals surface area contributed by atoms with Gasteiger partial charge in [0.05, 0.1) is 5.75 Å². The van der Waals surface area contributed by atoms with Crippen molar-refractivity contribution >= 4 is 29.2 Å². The van der Waals surface area contributed by atoms with Crippen molar-refractivity contribution in [2.75, 3.05) is 5.75 Å². The number of amides is 1. The summed E-state index contributed by atoms with van der Waals surface area (Å²) in [5.74, 6) is -1.06. The minimum atomic E-state index is -0.721. The molecular formula is C6H4N3O2S2. The Balaban J connectivity index is 2.78. The monoisotopic (exact) mass is 214 g/mol. The third-order valence-electron chi connectivity index (χ3n) is 1.09. The number of nitrogens with one attached hydrogen (secondary N) is 1. The molecule has 0 aliphatic carbocycles. The highest BCUT2D eigenvalue weighted by atomic mass is 32.2. The van der Waals surface area contributed by atoms with E-state index in [0.717, 1.165) is 23.3 Å². The molecule has 7 heteroatoms. The molecule has 67 valence electrons. The highest BCUT2D eigenvalue weighted by molar-refractivity contribution is 8.01. The number of aromatic nitrogens is 1. The SMILES string of the molecule is N#Cc1c(O)nsc1SCC([NH])=O. The van der Waals surface area contributed by atoms with Crippen LogP contribution in [0.4, 0.5) is 0 Å². The first-order chi connectivity index (χ1) is 6.15. The number of hydrogen-bond donors (Lipinski definition) is 1. The Morgan fingerprint density at radius 2 is 2.54 bits per heavy atom. The molecule has 1 heterocycles. The van der Waals surface area contributed by atoms with Gasteiger partial charge in [-0.05, 0) is 11.5 Å². The summed E-state index contributed by atoms with van der Waals surface area (Å²) in [5, 5.41) is 17.6. The fourth-order valence-corrected chi connectivity index (χ4v) is 2.12. The first kappa shape index (κ1) is 9.83. The van der Waals surface area contributed by atoms with Crippen molar-refractivity contribution in [2.24, 2.45) is 0 Å². The highest BCUT2D eigenvalue weighted by Gasteiger charge is 2.13. The second-order valence-corrected chi connectivity index (χ2v) is 4.01. The zero-order chi connectivity index (χ0) is 9.84. The lowest BCUT2D eigenvalue weighted by Crippen LogP contribution is -1.99. The van der Waals surface area contributed by atoms with Crippen LogP contribution in [-0.4, -0.2) is 21.1 Å². The van der Waals surface area contributed by atoms with Gasteiger partial charge in [0.25, 0.3) is 0 Å². The van der Waals surface area contributed by atoms with E-state index in [0.29, 0.717) is 4.21 Å². The summed E-state index contributed by atoms with van der Waals surface area (Å²) < 4.78 is 4.02. The van der Waals surface area contributed by atoms with Gasteiger partial charge < -0.3 is 5.11 Å². The molecule has 1 amide bonds. The summed E-state index contributed by atoms with van der Waals surface area (Å²) in [6, 6.07) is 1.77. The van der Waals surface area contributed by atoms with Crippen LogP contribution in [0.5, 0.6) is 5.88 Å². The predicted octanol–water partition coefficient (Wildman–Crippen LogP) is 0.622. The minimum Gasteiger partial charge on any atom is -0.492 e. The largest absolute Gasteiger partial charge is 0.492 e. The van der Waals surface area contributed by atoms with Gasteiger partial charge in [0, 0.05) is 0 Å². The van der Waals surface area contributed by atoms with Crippen LogP contribution in [0.25, 0.3) is 0 Å². The number of rotatable bonds is 3. The second kappa shape index (κ2) is 4.11. The molecule has 0 saturated carbocycles. The van der Waals surface area contributed by atoms with Crippen LogP contribution < -0.4 is 5.73 Å². The van der Waals surface area contributed by atoms with Crippen molar-refractivity contribution in [1.29, 1.82) is 5.26 Å².